The zero-order valence-electron chi connectivity index (χ0n) is 14.9. The zero-order chi connectivity index (χ0) is 19.9. The maximum absolute atomic E-state index is 13.7. The third-order valence-corrected chi connectivity index (χ3v) is 4.13. The highest BCUT2D eigenvalue weighted by molar-refractivity contribution is 6.06. The van der Waals surface area contributed by atoms with Gasteiger partial charge in [-0.15, -0.1) is 0 Å². The molecule has 0 bridgehead atoms. The van der Waals surface area contributed by atoms with Crippen LogP contribution in [0.1, 0.15) is 26.3 Å². The van der Waals surface area contributed by atoms with Gasteiger partial charge >= 0.3 is 0 Å². The number of carbonyl (C=O) groups is 2. The Balaban J connectivity index is 1.64. The van der Waals surface area contributed by atoms with E-state index in [1.165, 1.54) is 18.2 Å². The molecular formula is C22H18F2N2O2. The quantitative estimate of drug-likeness (QED) is 0.674. The minimum absolute atomic E-state index is 0.123. The van der Waals surface area contributed by atoms with Gasteiger partial charge in [-0.05, 0) is 42.3 Å². The summed E-state index contributed by atoms with van der Waals surface area (Å²) in [5.74, 6) is -2.78. The summed E-state index contributed by atoms with van der Waals surface area (Å²) >= 11 is 0. The standard InChI is InChI=1S/C22H18F2N2O2/c23-18-10-5-11-19(24)20(18)26-22(28)17-9-4-8-16(14-17)21(27)25-13-12-15-6-2-1-3-7-15/h1-11,14H,12-13H2,(H,25,27)(H,26,28). The fourth-order valence-corrected chi connectivity index (χ4v) is 2.67. The number of hydrogen-bond acceptors (Lipinski definition) is 2. The van der Waals surface area contributed by atoms with Crippen LogP contribution < -0.4 is 10.6 Å². The Bertz CT molecular complexity index is 971. The van der Waals surface area contributed by atoms with Crippen molar-refractivity contribution in [2.75, 3.05) is 11.9 Å². The lowest BCUT2D eigenvalue weighted by atomic mass is 10.1. The number of para-hydroxylation sites is 1. The van der Waals surface area contributed by atoms with E-state index < -0.39 is 23.2 Å². The number of anilines is 1. The highest BCUT2D eigenvalue weighted by Crippen LogP contribution is 2.19. The predicted molar refractivity (Wildman–Crippen MR) is 103 cm³/mol. The predicted octanol–water partition coefficient (Wildman–Crippen LogP) is 4.19. The van der Waals surface area contributed by atoms with Crippen molar-refractivity contribution in [1.29, 1.82) is 0 Å². The van der Waals surface area contributed by atoms with Gasteiger partial charge in [0.25, 0.3) is 11.8 Å². The smallest absolute Gasteiger partial charge is 0.255 e. The molecule has 0 heterocycles. The molecule has 4 nitrogen and oxygen atoms in total. The van der Waals surface area contributed by atoms with Crippen molar-refractivity contribution in [3.05, 3.63) is 101 Å². The number of halogens is 2. The molecule has 6 heteroatoms. The van der Waals surface area contributed by atoms with Gasteiger partial charge in [0.05, 0.1) is 0 Å². The van der Waals surface area contributed by atoms with Gasteiger partial charge in [0.1, 0.15) is 17.3 Å². The number of carbonyl (C=O) groups excluding carboxylic acids is 2. The van der Waals surface area contributed by atoms with E-state index in [0.29, 0.717) is 13.0 Å². The molecule has 0 saturated heterocycles. The molecule has 3 rings (SSSR count). The number of hydrogen-bond donors (Lipinski definition) is 2. The molecule has 2 N–H and O–H groups in total. The molecule has 0 aliphatic heterocycles. The first-order valence-electron chi connectivity index (χ1n) is 8.72. The molecule has 3 aromatic rings. The van der Waals surface area contributed by atoms with E-state index in [1.807, 2.05) is 30.3 Å². The Labute approximate surface area is 161 Å². The molecular weight excluding hydrogens is 362 g/mol. The number of benzene rings is 3. The van der Waals surface area contributed by atoms with Crippen molar-refractivity contribution in [3.8, 4) is 0 Å². The highest BCUT2D eigenvalue weighted by atomic mass is 19.1. The third kappa shape index (κ3) is 4.79. The van der Waals surface area contributed by atoms with Crippen molar-refractivity contribution >= 4 is 17.5 Å². The SMILES string of the molecule is O=C(NCCc1ccccc1)c1cccc(C(=O)Nc2c(F)cccc2F)c1. The number of amides is 2. The lowest BCUT2D eigenvalue weighted by Crippen LogP contribution is -2.26. The van der Waals surface area contributed by atoms with E-state index >= 15 is 0 Å². The van der Waals surface area contributed by atoms with Crippen LogP contribution in [0.3, 0.4) is 0 Å². The van der Waals surface area contributed by atoms with Gasteiger partial charge in [-0.1, -0.05) is 42.5 Å². The van der Waals surface area contributed by atoms with Gasteiger partial charge in [-0.3, -0.25) is 9.59 Å². The van der Waals surface area contributed by atoms with Crippen molar-refractivity contribution in [3.63, 3.8) is 0 Å². The molecule has 0 radical (unpaired) electrons. The van der Waals surface area contributed by atoms with Crippen molar-refractivity contribution in [1.82, 2.24) is 5.32 Å². The molecule has 2 amide bonds. The topological polar surface area (TPSA) is 58.2 Å². The molecule has 3 aromatic carbocycles. The van der Waals surface area contributed by atoms with Gasteiger partial charge in [0.15, 0.2) is 0 Å². The van der Waals surface area contributed by atoms with Crippen LogP contribution in [0, 0.1) is 11.6 Å². The summed E-state index contributed by atoms with van der Waals surface area (Å²) in [6, 6.07) is 19.0. The maximum Gasteiger partial charge on any atom is 0.255 e. The maximum atomic E-state index is 13.7. The fraction of sp³-hybridized carbons (Fsp3) is 0.0909. The first-order valence-corrected chi connectivity index (χ1v) is 8.72. The van der Waals surface area contributed by atoms with Crippen LogP contribution in [0.15, 0.2) is 72.8 Å². The molecule has 0 atom stereocenters. The Morgan fingerprint density at radius 3 is 2.04 bits per heavy atom. The Morgan fingerprint density at radius 2 is 1.36 bits per heavy atom. The summed E-state index contributed by atoms with van der Waals surface area (Å²) in [5, 5.41) is 5.00. The molecule has 0 saturated carbocycles. The van der Waals surface area contributed by atoms with Gasteiger partial charge in [-0.25, -0.2) is 8.78 Å². The fourth-order valence-electron chi connectivity index (χ4n) is 2.67. The normalized spacial score (nSPS) is 10.4. The van der Waals surface area contributed by atoms with Gasteiger partial charge < -0.3 is 10.6 Å². The van der Waals surface area contributed by atoms with Crippen LogP contribution in [0.2, 0.25) is 0 Å². The van der Waals surface area contributed by atoms with E-state index in [1.54, 1.807) is 12.1 Å². The Morgan fingerprint density at radius 1 is 0.750 bits per heavy atom. The Kier molecular flexibility index (Phi) is 6.11. The van der Waals surface area contributed by atoms with E-state index in [9.17, 15) is 18.4 Å². The minimum atomic E-state index is -0.872. The molecule has 142 valence electrons. The van der Waals surface area contributed by atoms with Crippen molar-refractivity contribution in [2.45, 2.75) is 6.42 Å². The second kappa shape index (κ2) is 8.90. The van der Waals surface area contributed by atoms with Crippen LogP contribution in [0.25, 0.3) is 0 Å². The minimum Gasteiger partial charge on any atom is -0.352 e. The lowest BCUT2D eigenvalue weighted by molar-refractivity contribution is 0.0954. The number of nitrogens with one attached hydrogen (secondary N) is 2. The summed E-state index contributed by atoms with van der Waals surface area (Å²) in [4.78, 5) is 24.6. The van der Waals surface area contributed by atoms with Gasteiger partial charge in [-0.2, -0.15) is 0 Å². The average Bonchev–Trinajstić information content (AvgIpc) is 2.71. The van der Waals surface area contributed by atoms with Crippen LogP contribution in [0.5, 0.6) is 0 Å². The summed E-state index contributed by atoms with van der Waals surface area (Å²) < 4.78 is 27.4. The first-order chi connectivity index (χ1) is 13.5. The molecule has 0 aromatic heterocycles. The van der Waals surface area contributed by atoms with E-state index in [4.69, 9.17) is 0 Å². The molecule has 0 fully saturated rings. The highest BCUT2D eigenvalue weighted by Gasteiger charge is 2.15. The largest absolute Gasteiger partial charge is 0.352 e. The molecule has 28 heavy (non-hydrogen) atoms. The molecule has 0 unspecified atom stereocenters. The average molecular weight is 380 g/mol. The summed E-state index contributed by atoms with van der Waals surface area (Å²) in [7, 11) is 0. The van der Waals surface area contributed by atoms with Crippen LogP contribution in [-0.2, 0) is 6.42 Å². The van der Waals surface area contributed by atoms with Gasteiger partial charge in [0, 0.05) is 17.7 Å². The van der Waals surface area contributed by atoms with E-state index in [0.717, 1.165) is 17.7 Å². The Hall–Kier alpha value is -3.54. The first kappa shape index (κ1) is 19.2. The molecule has 0 spiro atoms. The van der Waals surface area contributed by atoms with Crippen molar-refractivity contribution < 1.29 is 18.4 Å². The van der Waals surface area contributed by atoms with Crippen LogP contribution in [-0.4, -0.2) is 18.4 Å². The van der Waals surface area contributed by atoms with E-state index in [2.05, 4.69) is 10.6 Å². The number of rotatable bonds is 6. The van der Waals surface area contributed by atoms with Crippen molar-refractivity contribution in [2.24, 2.45) is 0 Å². The molecule has 0 aliphatic carbocycles. The monoisotopic (exact) mass is 380 g/mol. The second-order valence-corrected chi connectivity index (χ2v) is 6.12. The zero-order valence-corrected chi connectivity index (χ0v) is 14.9. The van der Waals surface area contributed by atoms with E-state index in [-0.39, 0.29) is 17.0 Å². The molecule has 0 aliphatic rings. The van der Waals surface area contributed by atoms with Gasteiger partial charge in [0.2, 0.25) is 0 Å². The lowest BCUT2D eigenvalue weighted by Gasteiger charge is -2.09. The summed E-state index contributed by atoms with van der Waals surface area (Å²) in [6.45, 7) is 0.444. The second-order valence-electron chi connectivity index (χ2n) is 6.12. The third-order valence-electron chi connectivity index (χ3n) is 4.13. The summed E-state index contributed by atoms with van der Waals surface area (Å²) in [6.07, 6.45) is 0.680. The van der Waals surface area contributed by atoms with Crippen LogP contribution in [0.4, 0.5) is 14.5 Å². The van der Waals surface area contributed by atoms with Crippen LogP contribution >= 0.6 is 0 Å². The summed E-state index contributed by atoms with van der Waals surface area (Å²) in [5.41, 5.74) is 0.987.